The average molecular weight is 284 g/mol. The first kappa shape index (κ1) is 16.8. The second-order valence-corrected chi connectivity index (χ2v) is 7.47. The number of ether oxygens (including phenoxy) is 1. The third-order valence-corrected chi connectivity index (χ3v) is 3.16. The summed E-state index contributed by atoms with van der Waals surface area (Å²) in [6, 6.07) is 0.153. The SMILES string of the molecule is CC(C)(C)OC(=O)N1CCC(NC(=O)C(C)(C)C)CC1. The van der Waals surface area contributed by atoms with E-state index in [9.17, 15) is 9.59 Å². The molecule has 20 heavy (non-hydrogen) atoms. The summed E-state index contributed by atoms with van der Waals surface area (Å²) < 4.78 is 5.35. The van der Waals surface area contributed by atoms with Crippen LogP contribution >= 0.6 is 0 Å². The fourth-order valence-electron chi connectivity index (χ4n) is 1.93. The van der Waals surface area contributed by atoms with Gasteiger partial charge in [-0.15, -0.1) is 0 Å². The average Bonchev–Trinajstić information content (AvgIpc) is 2.26. The molecule has 0 aromatic rings. The summed E-state index contributed by atoms with van der Waals surface area (Å²) in [6.45, 7) is 12.5. The van der Waals surface area contributed by atoms with Crippen molar-refractivity contribution in [3.05, 3.63) is 0 Å². The molecule has 1 rings (SSSR count). The summed E-state index contributed by atoms with van der Waals surface area (Å²) in [7, 11) is 0. The molecule has 0 saturated carbocycles. The molecule has 0 aromatic carbocycles. The Balaban J connectivity index is 2.41. The monoisotopic (exact) mass is 284 g/mol. The lowest BCUT2D eigenvalue weighted by Gasteiger charge is -2.34. The third-order valence-electron chi connectivity index (χ3n) is 3.16. The number of amides is 2. The van der Waals surface area contributed by atoms with Gasteiger partial charge in [-0.2, -0.15) is 0 Å². The van der Waals surface area contributed by atoms with E-state index in [2.05, 4.69) is 5.32 Å². The topological polar surface area (TPSA) is 58.6 Å². The summed E-state index contributed by atoms with van der Waals surface area (Å²) in [5.41, 5.74) is -0.837. The summed E-state index contributed by atoms with van der Waals surface area (Å²) in [4.78, 5) is 25.6. The van der Waals surface area contributed by atoms with Crippen LogP contribution in [0.15, 0.2) is 0 Å². The first-order valence-corrected chi connectivity index (χ1v) is 7.28. The Kier molecular flexibility index (Phi) is 5.05. The maximum absolute atomic E-state index is 11.9. The smallest absolute Gasteiger partial charge is 0.410 e. The Morgan fingerprint density at radius 1 is 1.05 bits per heavy atom. The van der Waals surface area contributed by atoms with Gasteiger partial charge in [-0.3, -0.25) is 4.79 Å². The number of carbonyl (C=O) groups excluding carboxylic acids is 2. The Labute approximate surface area is 122 Å². The molecule has 1 saturated heterocycles. The molecule has 1 N–H and O–H groups in total. The van der Waals surface area contributed by atoms with Gasteiger partial charge in [-0.25, -0.2) is 4.79 Å². The van der Waals surface area contributed by atoms with E-state index in [0.29, 0.717) is 13.1 Å². The van der Waals surface area contributed by atoms with Gasteiger partial charge >= 0.3 is 6.09 Å². The van der Waals surface area contributed by atoms with Gasteiger partial charge in [0, 0.05) is 24.5 Å². The maximum atomic E-state index is 11.9. The minimum Gasteiger partial charge on any atom is -0.444 e. The van der Waals surface area contributed by atoms with Gasteiger partial charge in [0.1, 0.15) is 5.60 Å². The zero-order chi connectivity index (χ0) is 15.6. The van der Waals surface area contributed by atoms with E-state index < -0.39 is 5.60 Å². The van der Waals surface area contributed by atoms with Crippen molar-refractivity contribution in [3.8, 4) is 0 Å². The van der Waals surface area contributed by atoms with E-state index in [4.69, 9.17) is 4.74 Å². The van der Waals surface area contributed by atoms with Crippen molar-refractivity contribution in [1.82, 2.24) is 10.2 Å². The van der Waals surface area contributed by atoms with E-state index >= 15 is 0 Å². The Morgan fingerprint density at radius 2 is 1.55 bits per heavy atom. The zero-order valence-corrected chi connectivity index (χ0v) is 13.6. The van der Waals surface area contributed by atoms with Crippen LogP contribution in [0.5, 0.6) is 0 Å². The van der Waals surface area contributed by atoms with Crippen LogP contribution in [0, 0.1) is 5.41 Å². The number of rotatable bonds is 1. The van der Waals surface area contributed by atoms with Crippen molar-refractivity contribution in [2.45, 2.75) is 66.0 Å². The number of likely N-dealkylation sites (tertiary alicyclic amines) is 1. The van der Waals surface area contributed by atoms with Gasteiger partial charge in [0.05, 0.1) is 0 Å². The number of piperidine rings is 1. The van der Waals surface area contributed by atoms with Gasteiger partial charge in [-0.1, -0.05) is 20.8 Å². The van der Waals surface area contributed by atoms with E-state index in [1.807, 2.05) is 41.5 Å². The van der Waals surface area contributed by atoms with Crippen molar-refractivity contribution in [3.63, 3.8) is 0 Å². The van der Waals surface area contributed by atoms with Crippen molar-refractivity contribution in [1.29, 1.82) is 0 Å². The highest BCUT2D eigenvalue weighted by Gasteiger charge is 2.29. The number of hydrogen-bond acceptors (Lipinski definition) is 3. The summed E-state index contributed by atoms with van der Waals surface area (Å²) in [5, 5.41) is 3.05. The molecule has 0 aromatic heterocycles. The van der Waals surface area contributed by atoms with E-state index in [1.165, 1.54) is 0 Å². The highest BCUT2D eigenvalue weighted by atomic mass is 16.6. The minimum atomic E-state index is -0.464. The van der Waals surface area contributed by atoms with Crippen molar-refractivity contribution < 1.29 is 14.3 Å². The second kappa shape index (κ2) is 6.02. The van der Waals surface area contributed by atoms with Crippen LogP contribution in [-0.2, 0) is 9.53 Å². The van der Waals surface area contributed by atoms with Gasteiger partial charge in [0.15, 0.2) is 0 Å². The van der Waals surface area contributed by atoms with Gasteiger partial charge in [0.2, 0.25) is 5.91 Å². The van der Waals surface area contributed by atoms with Crippen LogP contribution in [-0.4, -0.2) is 41.6 Å². The van der Waals surface area contributed by atoms with Crippen LogP contribution in [0.3, 0.4) is 0 Å². The van der Waals surface area contributed by atoms with Crippen LogP contribution in [0.4, 0.5) is 4.79 Å². The number of nitrogens with zero attached hydrogens (tertiary/aromatic N) is 1. The van der Waals surface area contributed by atoms with Crippen LogP contribution < -0.4 is 5.32 Å². The fourth-order valence-corrected chi connectivity index (χ4v) is 1.93. The highest BCUT2D eigenvalue weighted by molar-refractivity contribution is 5.81. The molecule has 1 aliphatic heterocycles. The molecule has 5 nitrogen and oxygen atoms in total. The zero-order valence-electron chi connectivity index (χ0n) is 13.6. The largest absolute Gasteiger partial charge is 0.444 e. The Hall–Kier alpha value is -1.26. The van der Waals surface area contributed by atoms with E-state index in [0.717, 1.165) is 12.8 Å². The molecule has 0 bridgehead atoms. The molecule has 0 spiro atoms. The number of hydrogen-bond donors (Lipinski definition) is 1. The van der Waals surface area contributed by atoms with Gasteiger partial charge in [-0.05, 0) is 33.6 Å². The molecule has 0 aliphatic carbocycles. The Bertz CT molecular complexity index is 358. The van der Waals surface area contributed by atoms with Crippen molar-refractivity contribution >= 4 is 12.0 Å². The summed E-state index contributed by atoms with van der Waals surface area (Å²) in [5.74, 6) is 0.0632. The molecule has 116 valence electrons. The predicted octanol–water partition coefficient (Wildman–Crippen LogP) is 2.55. The highest BCUT2D eigenvalue weighted by Crippen LogP contribution is 2.18. The van der Waals surface area contributed by atoms with Crippen molar-refractivity contribution in [2.24, 2.45) is 5.41 Å². The molecule has 1 fully saturated rings. The number of carbonyl (C=O) groups is 2. The molecule has 0 unspecified atom stereocenters. The van der Waals surface area contributed by atoms with Gasteiger partial charge < -0.3 is 15.0 Å². The molecule has 2 amide bonds. The fraction of sp³-hybridized carbons (Fsp3) is 0.867. The first-order chi connectivity index (χ1) is 8.99. The lowest BCUT2D eigenvalue weighted by Crippen LogP contribution is -2.49. The molecule has 0 radical (unpaired) electrons. The maximum Gasteiger partial charge on any atom is 0.410 e. The standard InChI is InChI=1S/C15H28N2O3/c1-14(2,3)12(18)16-11-7-9-17(10-8-11)13(19)20-15(4,5)6/h11H,7-10H2,1-6H3,(H,16,18). The summed E-state index contributed by atoms with van der Waals surface area (Å²) >= 11 is 0. The molecular formula is C15H28N2O3. The van der Waals surface area contributed by atoms with E-state index in [-0.39, 0.29) is 23.5 Å². The Morgan fingerprint density at radius 3 is 1.95 bits per heavy atom. The van der Waals surface area contributed by atoms with E-state index in [1.54, 1.807) is 4.90 Å². The molecular weight excluding hydrogens is 256 g/mol. The normalized spacial score (nSPS) is 17.8. The number of nitrogens with one attached hydrogen (secondary N) is 1. The molecule has 1 heterocycles. The van der Waals surface area contributed by atoms with Gasteiger partial charge in [0.25, 0.3) is 0 Å². The first-order valence-electron chi connectivity index (χ1n) is 7.28. The third kappa shape index (κ3) is 5.39. The molecule has 1 aliphatic rings. The van der Waals surface area contributed by atoms with Crippen molar-refractivity contribution in [2.75, 3.05) is 13.1 Å². The quantitative estimate of drug-likeness (QED) is 0.805. The van der Waals surface area contributed by atoms with Crippen LogP contribution in [0.1, 0.15) is 54.4 Å². The predicted molar refractivity (Wildman–Crippen MR) is 78.4 cm³/mol. The second-order valence-electron chi connectivity index (χ2n) is 7.47. The minimum absolute atomic E-state index is 0.0632. The van der Waals surface area contributed by atoms with Crippen LogP contribution in [0.2, 0.25) is 0 Å². The lowest BCUT2D eigenvalue weighted by molar-refractivity contribution is -0.129. The lowest BCUT2D eigenvalue weighted by atomic mass is 9.94. The summed E-state index contributed by atoms with van der Waals surface area (Å²) in [6.07, 6.45) is 1.29. The molecule has 5 heteroatoms. The molecule has 0 atom stereocenters. The van der Waals surface area contributed by atoms with Crippen LogP contribution in [0.25, 0.3) is 0 Å².